The number of hydrogen-bond donors (Lipinski definition) is 1. The molecule has 0 unspecified atom stereocenters. The van der Waals surface area contributed by atoms with Gasteiger partial charge < -0.3 is 10.1 Å². The summed E-state index contributed by atoms with van der Waals surface area (Å²) < 4.78 is 0. The van der Waals surface area contributed by atoms with Crippen molar-refractivity contribution in [2.45, 2.75) is 5.03 Å². The van der Waals surface area contributed by atoms with Crippen LogP contribution in [0.2, 0.25) is 0 Å². The lowest BCUT2D eigenvalue weighted by atomic mass is 10.5. The summed E-state index contributed by atoms with van der Waals surface area (Å²) >= 11 is 1.06. The molecule has 1 aromatic heterocycles. The van der Waals surface area contributed by atoms with Gasteiger partial charge in [0.2, 0.25) is 5.39 Å². The van der Waals surface area contributed by atoms with Gasteiger partial charge in [-0.3, -0.25) is 0 Å². The van der Waals surface area contributed by atoms with Gasteiger partial charge in [0.1, 0.15) is 0 Å². The van der Waals surface area contributed by atoms with Gasteiger partial charge in [-0.2, -0.15) is 4.98 Å². The Morgan fingerprint density at radius 1 is 1.75 bits per heavy atom. The predicted octanol–water partition coefficient (Wildman–Crippen LogP) is 0.0500. The molecule has 0 amide bonds. The molecule has 0 spiro atoms. The van der Waals surface area contributed by atoms with Gasteiger partial charge in [-0.15, -0.1) is 11.8 Å². The Hall–Kier alpha value is -1.55. The largest absolute Gasteiger partial charge is 0.854 e. The maximum atomic E-state index is 10.9. The second-order valence-corrected chi connectivity index (χ2v) is 2.62. The van der Waals surface area contributed by atoms with Gasteiger partial charge in [0, 0.05) is 0 Å². The Morgan fingerprint density at radius 2 is 2.42 bits per heavy atom. The molecule has 6 nitrogen and oxygen atoms in total. The molecule has 1 heterocycles. The topological polar surface area (TPSA) is 97.0 Å². The second-order valence-electron chi connectivity index (χ2n) is 1.83. The summed E-state index contributed by atoms with van der Waals surface area (Å²) in [5, 5.41) is 19.4. The van der Waals surface area contributed by atoms with Crippen LogP contribution in [0.15, 0.2) is 9.82 Å². The molecule has 0 aliphatic carbocycles. The smallest absolute Gasteiger partial charge is 0.425 e. The van der Waals surface area contributed by atoms with Crippen molar-refractivity contribution < 1.29 is 5.11 Å². The van der Waals surface area contributed by atoms with E-state index in [-0.39, 0.29) is 10.7 Å². The van der Waals surface area contributed by atoms with Crippen molar-refractivity contribution >= 4 is 17.4 Å². The van der Waals surface area contributed by atoms with Crippen LogP contribution in [0.1, 0.15) is 0 Å². The number of rotatable bonds is 1. The minimum Gasteiger partial charge on any atom is -0.854 e. The number of aromatic amines is 1. The van der Waals surface area contributed by atoms with Gasteiger partial charge >= 0.3 is 11.4 Å². The first-order chi connectivity index (χ1) is 5.69. The average molecular weight is 184 g/mol. The van der Waals surface area contributed by atoms with Crippen molar-refractivity contribution in [1.82, 2.24) is 9.97 Å². The molecule has 7 heteroatoms. The fourth-order valence-corrected chi connectivity index (χ4v) is 1.16. The lowest BCUT2D eigenvalue weighted by molar-refractivity contribution is -0.274. The zero-order valence-corrected chi connectivity index (χ0v) is 6.88. The summed E-state index contributed by atoms with van der Waals surface area (Å²) in [6.45, 7) is 0. The molecule has 1 aromatic rings. The van der Waals surface area contributed by atoms with Gasteiger partial charge in [-0.25, -0.2) is 4.79 Å². The first-order valence-electron chi connectivity index (χ1n) is 2.89. The van der Waals surface area contributed by atoms with Gasteiger partial charge in [-0.1, -0.05) is 0 Å². The van der Waals surface area contributed by atoms with Gasteiger partial charge in [0.15, 0.2) is 10.0 Å². The van der Waals surface area contributed by atoms with Crippen LogP contribution in [-0.2, 0) is 0 Å². The summed E-state index contributed by atoms with van der Waals surface area (Å²) in [4.78, 5) is 18.6. The van der Waals surface area contributed by atoms with E-state index in [0.717, 1.165) is 11.8 Å². The summed E-state index contributed by atoms with van der Waals surface area (Å²) in [5.74, 6) is -0.734. The van der Waals surface area contributed by atoms with Crippen LogP contribution >= 0.6 is 11.8 Å². The molecule has 62 valence electrons. The van der Waals surface area contributed by atoms with Crippen molar-refractivity contribution in [3.8, 4) is 5.88 Å². The van der Waals surface area contributed by atoms with Crippen LogP contribution in [0, 0.1) is 5.39 Å². The fraction of sp³-hybridized carbons (Fsp3) is 0.200. The van der Waals surface area contributed by atoms with Gasteiger partial charge in [-0.05, 0) is 6.26 Å². The van der Waals surface area contributed by atoms with Crippen LogP contribution < -0.4 is 10.8 Å². The molecule has 1 N–H and O–H groups in total. The third-order valence-corrected chi connectivity index (χ3v) is 1.81. The van der Waals surface area contributed by atoms with E-state index in [1.165, 1.54) is 0 Å². The molecule has 12 heavy (non-hydrogen) atoms. The van der Waals surface area contributed by atoms with Crippen molar-refractivity contribution in [2.24, 2.45) is 0 Å². The minimum atomic E-state index is -0.739. The number of aromatic nitrogens is 2. The standard InChI is InChI=1S/C5H4N4O2S/c1-12-4-2(9-6)3(10)7-5(11)8-4/h1H3,(H-,7,8,10,11). The van der Waals surface area contributed by atoms with E-state index in [4.69, 9.17) is 5.39 Å². The molecule has 0 fully saturated rings. The molecule has 0 aliphatic heterocycles. The second kappa shape index (κ2) is 3.23. The molecular weight excluding hydrogens is 180 g/mol. The first-order valence-corrected chi connectivity index (χ1v) is 4.12. The number of hydrogen-bond acceptors (Lipinski definition) is 5. The average Bonchev–Trinajstić information content (AvgIpc) is 2.03. The molecule has 0 aliphatic rings. The fourth-order valence-electron chi connectivity index (χ4n) is 0.657. The molecule has 0 radical (unpaired) electrons. The highest BCUT2D eigenvalue weighted by Crippen LogP contribution is 2.29. The first kappa shape index (κ1) is 8.55. The Morgan fingerprint density at radius 3 is 2.92 bits per heavy atom. The number of diazo groups is 1. The minimum absolute atomic E-state index is 0.117. The quantitative estimate of drug-likeness (QED) is 0.378. The van der Waals surface area contributed by atoms with E-state index in [9.17, 15) is 9.90 Å². The van der Waals surface area contributed by atoms with Crippen LogP contribution in [0.3, 0.4) is 0 Å². The summed E-state index contributed by atoms with van der Waals surface area (Å²) in [7, 11) is 0. The maximum absolute atomic E-state index is 10.9. The SMILES string of the molecule is CSc1nc(=O)[nH]c([O-])c1[N+]#N. The van der Waals surface area contributed by atoms with E-state index >= 15 is 0 Å². The van der Waals surface area contributed by atoms with Crippen molar-refractivity contribution in [3.05, 3.63) is 15.5 Å². The van der Waals surface area contributed by atoms with Crippen molar-refractivity contribution in [1.29, 1.82) is 5.39 Å². The third kappa shape index (κ3) is 1.38. The number of nitrogens with one attached hydrogen (secondary N) is 1. The van der Waals surface area contributed by atoms with E-state index in [1.54, 1.807) is 6.26 Å². The number of thioether (sulfide) groups is 1. The molecule has 1 rings (SSSR count). The maximum Gasteiger partial charge on any atom is 0.425 e. The highest BCUT2D eigenvalue weighted by Gasteiger charge is 2.16. The van der Waals surface area contributed by atoms with Crippen LogP contribution in [-0.4, -0.2) is 16.2 Å². The highest BCUT2D eigenvalue weighted by atomic mass is 32.2. The highest BCUT2D eigenvalue weighted by molar-refractivity contribution is 7.98. The Bertz CT molecular complexity index is 393. The Kier molecular flexibility index (Phi) is 2.30. The van der Waals surface area contributed by atoms with Crippen LogP contribution in [0.4, 0.5) is 5.69 Å². The molecular formula is C5H4N4O2S. The monoisotopic (exact) mass is 184 g/mol. The normalized spacial score (nSPS) is 9.33. The van der Waals surface area contributed by atoms with E-state index < -0.39 is 11.6 Å². The molecule has 0 atom stereocenters. The van der Waals surface area contributed by atoms with Crippen molar-refractivity contribution in [3.63, 3.8) is 0 Å². The zero-order chi connectivity index (χ0) is 9.14. The Balaban J connectivity index is 3.47. The summed E-state index contributed by atoms with van der Waals surface area (Å²) in [5.41, 5.74) is -0.973. The molecule has 0 saturated heterocycles. The summed E-state index contributed by atoms with van der Waals surface area (Å²) in [6.07, 6.45) is 1.62. The zero-order valence-electron chi connectivity index (χ0n) is 6.07. The van der Waals surface area contributed by atoms with E-state index in [1.807, 2.05) is 4.98 Å². The van der Waals surface area contributed by atoms with E-state index in [2.05, 4.69) is 9.96 Å². The number of H-pyrrole nitrogens is 1. The number of nitrogens with zero attached hydrogens (tertiary/aromatic N) is 3. The van der Waals surface area contributed by atoms with Crippen LogP contribution in [0.5, 0.6) is 5.88 Å². The summed E-state index contributed by atoms with van der Waals surface area (Å²) in [6, 6.07) is 0. The van der Waals surface area contributed by atoms with Gasteiger partial charge in [0.25, 0.3) is 0 Å². The molecule has 0 saturated carbocycles. The van der Waals surface area contributed by atoms with Crippen LogP contribution in [0.25, 0.3) is 4.98 Å². The van der Waals surface area contributed by atoms with E-state index in [0.29, 0.717) is 0 Å². The van der Waals surface area contributed by atoms with Gasteiger partial charge in [0.05, 0.1) is 5.88 Å². The Labute approximate surface area is 71.3 Å². The molecule has 0 aromatic carbocycles. The predicted molar refractivity (Wildman–Crippen MR) is 40.8 cm³/mol. The third-order valence-electron chi connectivity index (χ3n) is 1.13. The lowest BCUT2D eigenvalue weighted by Crippen LogP contribution is -2.13. The molecule has 0 bridgehead atoms. The van der Waals surface area contributed by atoms with Crippen molar-refractivity contribution in [2.75, 3.05) is 6.26 Å². The lowest BCUT2D eigenvalue weighted by Gasteiger charge is -1.99.